The van der Waals surface area contributed by atoms with Gasteiger partial charge in [-0.25, -0.2) is 0 Å². The Balaban J connectivity index is 1.97. The zero-order valence-corrected chi connectivity index (χ0v) is 13.9. The molecule has 2 aromatic rings. The second-order valence-corrected chi connectivity index (χ2v) is 6.09. The first kappa shape index (κ1) is 16.7. The highest BCUT2D eigenvalue weighted by Gasteiger charge is 2.34. The number of aliphatic hydroxyl groups is 1. The van der Waals surface area contributed by atoms with Crippen LogP contribution in [0, 0.1) is 0 Å². The molecule has 24 heavy (non-hydrogen) atoms. The van der Waals surface area contributed by atoms with E-state index >= 15 is 0 Å². The molecular weight excluding hydrogens is 302 g/mol. The Kier molecular flexibility index (Phi) is 5.28. The molecule has 1 heterocycles. The summed E-state index contributed by atoms with van der Waals surface area (Å²) in [7, 11) is 1.42. The highest BCUT2D eigenvalue weighted by Crippen LogP contribution is 2.38. The maximum atomic E-state index is 12.0. The Morgan fingerprint density at radius 1 is 1.21 bits per heavy atom. The summed E-state index contributed by atoms with van der Waals surface area (Å²) in [6.07, 6.45) is 1.20. The van der Waals surface area contributed by atoms with Crippen molar-refractivity contribution in [3.8, 4) is 0 Å². The number of esters is 1. The fraction of sp³-hybridized carbons (Fsp3) is 0.350. The molecule has 4 nitrogen and oxygen atoms in total. The minimum Gasteiger partial charge on any atom is -0.469 e. The lowest BCUT2D eigenvalue weighted by atomic mass is 9.88. The van der Waals surface area contributed by atoms with Crippen LogP contribution in [-0.2, 0) is 16.0 Å². The second-order valence-electron chi connectivity index (χ2n) is 6.09. The molecular formula is C20H23NO3. The number of ether oxygens (including phenoxy) is 1. The normalized spacial score (nSPS) is 18.7. The maximum Gasteiger partial charge on any atom is 0.307 e. The van der Waals surface area contributed by atoms with Gasteiger partial charge in [-0.05, 0) is 23.1 Å². The number of aliphatic hydroxyl groups excluding tert-OH is 1. The van der Waals surface area contributed by atoms with Crippen molar-refractivity contribution >= 4 is 5.97 Å². The van der Waals surface area contributed by atoms with Crippen molar-refractivity contribution in [2.45, 2.75) is 24.9 Å². The van der Waals surface area contributed by atoms with Crippen molar-refractivity contribution in [2.75, 3.05) is 20.3 Å². The van der Waals surface area contributed by atoms with E-state index in [9.17, 15) is 9.90 Å². The van der Waals surface area contributed by atoms with Crippen molar-refractivity contribution in [2.24, 2.45) is 0 Å². The van der Waals surface area contributed by atoms with Gasteiger partial charge in [0.15, 0.2) is 0 Å². The van der Waals surface area contributed by atoms with Gasteiger partial charge in [0, 0.05) is 12.6 Å². The molecule has 2 atom stereocenters. The number of hydrogen-bond donors (Lipinski definition) is 1. The smallest absolute Gasteiger partial charge is 0.307 e. The summed E-state index contributed by atoms with van der Waals surface area (Å²) in [4.78, 5) is 14.2. The number of fused-ring (bicyclic) bond motifs is 1. The third kappa shape index (κ3) is 3.35. The first-order chi connectivity index (χ1) is 11.7. The fourth-order valence-electron chi connectivity index (χ4n) is 3.59. The van der Waals surface area contributed by atoms with Crippen LogP contribution in [0.25, 0.3) is 0 Å². The van der Waals surface area contributed by atoms with Crippen molar-refractivity contribution < 1.29 is 14.6 Å². The van der Waals surface area contributed by atoms with E-state index in [1.165, 1.54) is 12.7 Å². The largest absolute Gasteiger partial charge is 0.469 e. The van der Waals surface area contributed by atoms with Crippen LogP contribution in [0.2, 0.25) is 0 Å². The highest BCUT2D eigenvalue weighted by molar-refractivity contribution is 5.70. The Hall–Kier alpha value is -2.17. The average molecular weight is 325 g/mol. The molecule has 0 saturated carbocycles. The molecule has 126 valence electrons. The molecule has 1 aliphatic rings. The van der Waals surface area contributed by atoms with Crippen LogP contribution >= 0.6 is 0 Å². The Bertz CT molecular complexity index is 686. The number of carbonyl (C=O) groups is 1. The second kappa shape index (κ2) is 7.60. The molecule has 0 aliphatic carbocycles. The summed E-state index contributed by atoms with van der Waals surface area (Å²) in [6, 6.07) is 18.0. The van der Waals surface area contributed by atoms with Gasteiger partial charge in [-0.3, -0.25) is 9.69 Å². The Labute approximate surface area is 142 Å². The molecule has 0 saturated heterocycles. The molecule has 0 radical (unpaired) electrons. The van der Waals surface area contributed by atoms with Crippen molar-refractivity contribution in [1.82, 2.24) is 4.90 Å². The Morgan fingerprint density at radius 3 is 2.62 bits per heavy atom. The van der Waals surface area contributed by atoms with E-state index in [1.807, 2.05) is 42.5 Å². The molecule has 4 heteroatoms. The van der Waals surface area contributed by atoms with E-state index in [0.717, 1.165) is 24.1 Å². The molecule has 2 aromatic carbocycles. The zero-order valence-electron chi connectivity index (χ0n) is 13.9. The van der Waals surface area contributed by atoms with Crippen LogP contribution in [-0.4, -0.2) is 36.2 Å². The first-order valence-electron chi connectivity index (χ1n) is 8.30. The lowest BCUT2D eigenvalue weighted by Gasteiger charge is -2.41. The van der Waals surface area contributed by atoms with E-state index in [1.54, 1.807) is 0 Å². The maximum absolute atomic E-state index is 12.0. The van der Waals surface area contributed by atoms with Crippen LogP contribution in [0.3, 0.4) is 0 Å². The molecule has 0 fully saturated rings. The summed E-state index contributed by atoms with van der Waals surface area (Å²) in [5.74, 6) is -0.230. The number of carbonyl (C=O) groups excluding carboxylic acids is 1. The Morgan fingerprint density at radius 2 is 1.92 bits per heavy atom. The van der Waals surface area contributed by atoms with E-state index < -0.39 is 0 Å². The van der Waals surface area contributed by atoms with Crippen LogP contribution < -0.4 is 0 Å². The van der Waals surface area contributed by atoms with E-state index in [2.05, 4.69) is 17.0 Å². The van der Waals surface area contributed by atoms with Gasteiger partial charge in [-0.1, -0.05) is 54.6 Å². The van der Waals surface area contributed by atoms with E-state index in [-0.39, 0.29) is 31.1 Å². The van der Waals surface area contributed by atoms with Crippen molar-refractivity contribution in [3.63, 3.8) is 0 Å². The lowest BCUT2D eigenvalue weighted by Crippen LogP contribution is -2.40. The molecule has 1 aliphatic heterocycles. The quantitative estimate of drug-likeness (QED) is 0.859. The number of nitrogens with zero attached hydrogens (tertiary/aromatic N) is 1. The van der Waals surface area contributed by atoms with Crippen LogP contribution in [0.5, 0.6) is 0 Å². The third-order valence-corrected chi connectivity index (χ3v) is 4.80. The molecule has 1 N–H and O–H groups in total. The third-order valence-electron chi connectivity index (χ3n) is 4.80. The highest BCUT2D eigenvalue weighted by atomic mass is 16.5. The average Bonchev–Trinajstić information content (AvgIpc) is 2.64. The SMILES string of the molecule is COC(=O)C[C@H]1c2ccccc2CCN1[C@@H](CO)c1ccccc1. The molecule has 0 spiro atoms. The van der Waals surface area contributed by atoms with Crippen molar-refractivity contribution in [3.05, 3.63) is 71.3 Å². The summed E-state index contributed by atoms with van der Waals surface area (Å²) in [5, 5.41) is 10.0. The van der Waals surface area contributed by atoms with Crippen LogP contribution in [0.4, 0.5) is 0 Å². The fourth-order valence-corrected chi connectivity index (χ4v) is 3.59. The van der Waals surface area contributed by atoms with Gasteiger partial charge in [0.2, 0.25) is 0 Å². The van der Waals surface area contributed by atoms with Gasteiger partial charge in [-0.2, -0.15) is 0 Å². The van der Waals surface area contributed by atoms with Gasteiger partial charge in [0.1, 0.15) is 0 Å². The number of hydrogen-bond acceptors (Lipinski definition) is 4. The summed E-state index contributed by atoms with van der Waals surface area (Å²) < 4.78 is 4.91. The molecule has 0 bridgehead atoms. The summed E-state index contributed by atoms with van der Waals surface area (Å²) in [6.45, 7) is 0.822. The summed E-state index contributed by atoms with van der Waals surface area (Å²) in [5.41, 5.74) is 3.49. The molecule has 3 rings (SSSR count). The monoisotopic (exact) mass is 325 g/mol. The lowest BCUT2D eigenvalue weighted by molar-refractivity contribution is -0.142. The van der Waals surface area contributed by atoms with E-state index in [4.69, 9.17) is 4.74 Å². The summed E-state index contributed by atoms with van der Waals surface area (Å²) >= 11 is 0. The predicted molar refractivity (Wildman–Crippen MR) is 92.5 cm³/mol. The first-order valence-corrected chi connectivity index (χ1v) is 8.30. The predicted octanol–water partition coefficient (Wildman–Crippen LogP) is 2.88. The van der Waals surface area contributed by atoms with Gasteiger partial charge < -0.3 is 9.84 Å². The van der Waals surface area contributed by atoms with Gasteiger partial charge >= 0.3 is 5.97 Å². The van der Waals surface area contributed by atoms with Gasteiger partial charge in [-0.15, -0.1) is 0 Å². The van der Waals surface area contributed by atoms with E-state index in [0.29, 0.717) is 0 Å². The standard InChI is InChI=1S/C20H23NO3/c1-24-20(23)13-18-17-10-6-5-7-15(17)11-12-21(18)19(14-22)16-8-3-2-4-9-16/h2-10,18-19,22H,11-14H2,1H3/t18-,19-/m0/s1. The minimum atomic E-state index is -0.230. The number of methoxy groups -OCH3 is 1. The minimum absolute atomic E-state index is 0.0177. The van der Waals surface area contributed by atoms with Gasteiger partial charge in [0.05, 0.1) is 26.2 Å². The number of benzene rings is 2. The van der Waals surface area contributed by atoms with Gasteiger partial charge in [0.25, 0.3) is 0 Å². The van der Waals surface area contributed by atoms with Crippen LogP contribution in [0.1, 0.15) is 35.2 Å². The molecule has 0 amide bonds. The topological polar surface area (TPSA) is 49.8 Å². The van der Waals surface area contributed by atoms with Crippen molar-refractivity contribution in [1.29, 1.82) is 0 Å². The molecule has 0 aromatic heterocycles. The van der Waals surface area contributed by atoms with Crippen LogP contribution in [0.15, 0.2) is 54.6 Å². The molecule has 0 unspecified atom stereocenters. The zero-order chi connectivity index (χ0) is 16.9. The number of rotatable bonds is 5.